The van der Waals surface area contributed by atoms with Crippen LogP contribution in [0.15, 0.2) is 24.3 Å². The van der Waals surface area contributed by atoms with Crippen LogP contribution >= 0.6 is 0 Å². The van der Waals surface area contributed by atoms with E-state index in [0.717, 1.165) is 12.8 Å². The largest absolute Gasteiger partial charge is 0.0848 e. The first-order valence-electron chi connectivity index (χ1n) is 5.23. The van der Waals surface area contributed by atoms with E-state index in [-0.39, 0.29) is 0 Å². The maximum absolute atomic E-state index is 2.14. The molecule has 0 saturated heterocycles. The first-order valence-corrected chi connectivity index (χ1v) is 5.23. The Morgan fingerprint density at radius 3 is 1.08 bits per heavy atom. The third kappa shape index (κ3) is 34.0. The number of hydrogen-bond donors (Lipinski definition) is 0. The monoisotopic (exact) mass is 170 g/mol. The van der Waals surface area contributed by atoms with Crippen molar-refractivity contribution in [3.05, 3.63) is 24.3 Å². The fourth-order valence-corrected chi connectivity index (χ4v) is 0.429. The Bertz CT molecular complexity index is 66.0. The fraction of sp³-hybridized carbons (Fsp3) is 0.667. The molecule has 0 aliphatic carbocycles. The van der Waals surface area contributed by atoms with Crippen LogP contribution in [0.5, 0.6) is 0 Å². The highest BCUT2D eigenvalue weighted by Crippen LogP contribution is 1.83. The van der Waals surface area contributed by atoms with Crippen LogP contribution in [0.1, 0.15) is 54.4 Å². The van der Waals surface area contributed by atoms with Crippen molar-refractivity contribution in [3.63, 3.8) is 0 Å². The lowest BCUT2D eigenvalue weighted by Gasteiger charge is -1.74. The average molecular weight is 170 g/mol. The highest BCUT2D eigenvalue weighted by molar-refractivity contribution is 5.01. The van der Waals surface area contributed by atoms with Crippen LogP contribution in [0, 0.1) is 0 Å². The molecule has 0 bridgehead atoms. The van der Waals surface area contributed by atoms with Gasteiger partial charge in [-0.3, -0.25) is 0 Å². The van der Waals surface area contributed by atoms with Crippen molar-refractivity contribution in [1.82, 2.24) is 0 Å². The summed E-state index contributed by atoms with van der Waals surface area (Å²) in [6.07, 6.45) is 10.7. The first kappa shape index (κ1) is 17.5. The highest BCUT2D eigenvalue weighted by atomic mass is 13.7. The highest BCUT2D eigenvalue weighted by Gasteiger charge is 1.61. The Morgan fingerprint density at radius 1 is 0.667 bits per heavy atom. The van der Waals surface area contributed by atoms with E-state index in [1.54, 1.807) is 0 Å². The molecule has 0 rings (SSSR count). The third-order valence-electron chi connectivity index (χ3n) is 0.855. The molecule has 0 saturated carbocycles. The summed E-state index contributed by atoms with van der Waals surface area (Å²) < 4.78 is 0. The molecule has 0 aromatic heterocycles. The standard InChI is InChI=1S/C8H14.2C2H6/c1-3-5-7-8-6-4-2;2*1-2/h5-8H,3-4H2,1-2H3;2*1-2H3/b7-5-,8-6-;;. The molecule has 0 radical (unpaired) electrons. The molecule has 0 aromatic carbocycles. The minimum atomic E-state index is 1.13. The van der Waals surface area contributed by atoms with Crippen molar-refractivity contribution in [1.29, 1.82) is 0 Å². The van der Waals surface area contributed by atoms with E-state index in [0.29, 0.717) is 0 Å². The number of rotatable bonds is 3. The SMILES string of the molecule is CC.CC.CC/C=C\C=C/CC. The number of allylic oxidation sites excluding steroid dienone is 4. The Morgan fingerprint density at radius 2 is 0.917 bits per heavy atom. The lowest BCUT2D eigenvalue weighted by molar-refractivity contribution is 1.21. The van der Waals surface area contributed by atoms with Crippen LogP contribution in [0.3, 0.4) is 0 Å². The lowest BCUT2D eigenvalue weighted by Crippen LogP contribution is -1.52. The Hall–Kier alpha value is -0.520. The first-order chi connectivity index (χ1) is 5.91. The molecule has 0 amide bonds. The van der Waals surface area contributed by atoms with Gasteiger partial charge >= 0.3 is 0 Å². The average Bonchev–Trinajstić information content (AvgIpc) is 2.19. The maximum atomic E-state index is 2.14. The van der Waals surface area contributed by atoms with Gasteiger partial charge in [-0.2, -0.15) is 0 Å². The normalized spacial score (nSPS) is 8.83. The van der Waals surface area contributed by atoms with Crippen molar-refractivity contribution >= 4 is 0 Å². The van der Waals surface area contributed by atoms with Gasteiger partial charge < -0.3 is 0 Å². The summed E-state index contributed by atoms with van der Waals surface area (Å²) in [4.78, 5) is 0. The molecule has 0 spiro atoms. The molecule has 0 aromatic rings. The van der Waals surface area contributed by atoms with Crippen LogP contribution in [-0.4, -0.2) is 0 Å². The summed E-state index contributed by atoms with van der Waals surface area (Å²) in [5, 5.41) is 0. The molecule has 0 aliphatic rings. The quantitative estimate of drug-likeness (QED) is 0.524. The van der Waals surface area contributed by atoms with Crippen molar-refractivity contribution < 1.29 is 0 Å². The molecule has 0 heteroatoms. The zero-order valence-electron chi connectivity index (χ0n) is 9.72. The predicted molar refractivity (Wildman–Crippen MR) is 61.6 cm³/mol. The van der Waals surface area contributed by atoms with Crippen molar-refractivity contribution in [2.75, 3.05) is 0 Å². The Labute approximate surface area is 79.4 Å². The topological polar surface area (TPSA) is 0 Å². The molecule has 0 unspecified atom stereocenters. The molecule has 0 nitrogen and oxygen atoms in total. The van der Waals surface area contributed by atoms with Gasteiger partial charge in [0.05, 0.1) is 0 Å². The van der Waals surface area contributed by atoms with Gasteiger partial charge in [0.15, 0.2) is 0 Å². The summed E-state index contributed by atoms with van der Waals surface area (Å²) in [6.45, 7) is 12.3. The van der Waals surface area contributed by atoms with Crippen LogP contribution < -0.4 is 0 Å². The van der Waals surface area contributed by atoms with E-state index in [1.807, 2.05) is 27.7 Å². The second-order valence-electron chi connectivity index (χ2n) is 1.67. The van der Waals surface area contributed by atoms with Crippen molar-refractivity contribution in [2.24, 2.45) is 0 Å². The molecular weight excluding hydrogens is 144 g/mol. The Balaban J connectivity index is -0.000000175. The molecule has 12 heavy (non-hydrogen) atoms. The minimum Gasteiger partial charge on any atom is -0.0848 e. The molecular formula is C12H26. The van der Waals surface area contributed by atoms with E-state index < -0.39 is 0 Å². The van der Waals surface area contributed by atoms with E-state index >= 15 is 0 Å². The maximum Gasteiger partial charge on any atom is -0.0376 e. The van der Waals surface area contributed by atoms with Crippen molar-refractivity contribution in [3.8, 4) is 0 Å². The molecule has 74 valence electrons. The molecule has 0 N–H and O–H groups in total. The lowest BCUT2D eigenvalue weighted by atomic mass is 10.3. The Kier molecular flexibility index (Phi) is 45.8. The van der Waals surface area contributed by atoms with Gasteiger partial charge in [0.1, 0.15) is 0 Å². The molecule has 0 aliphatic heterocycles. The van der Waals surface area contributed by atoms with E-state index in [9.17, 15) is 0 Å². The predicted octanol–water partition coefficient (Wildman–Crippen LogP) is 4.97. The fourth-order valence-electron chi connectivity index (χ4n) is 0.429. The van der Waals surface area contributed by atoms with Crippen LogP contribution in [0.2, 0.25) is 0 Å². The van der Waals surface area contributed by atoms with Crippen LogP contribution in [-0.2, 0) is 0 Å². The van der Waals surface area contributed by atoms with Gasteiger partial charge in [0, 0.05) is 0 Å². The summed E-state index contributed by atoms with van der Waals surface area (Å²) in [6, 6.07) is 0. The van der Waals surface area contributed by atoms with Crippen molar-refractivity contribution in [2.45, 2.75) is 54.4 Å². The molecule has 0 fully saturated rings. The number of hydrogen-bond acceptors (Lipinski definition) is 0. The zero-order valence-corrected chi connectivity index (χ0v) is 9.72. The van der Waals surface area contributed by atoms with E-state index in [2.05, 4.69) is 38.2 Å². The van der Waals surface area contributed by atoms with Gasteiger partial charge in [-0.15, -0.1) is 0 Å². The second kappa shape index (κ2) is 31.4. The van der Waals surface area contributed by atoms with Gasteiger partial charge in [0.2, 0.25) is 0 Å². The minimum absolute atomic E-state index is 1.13. The smallest absolute Gasteiger partial charge is 0.0376 e. The van der Waals surface area contributed by atoms with Gasteiger partial charge in [-0.1, -0.05) is 65.8 Å². The summed E-state index contributed by atoms with van der Waals surface area (Å²) >= 11 is 0. The van der Waals surface area contributed by atoms with Crippen LogP contribution in [0.25, 0.3) is 0 Å². The molecule has 0 atom stereocenters. The zero-order chi connectivity index (χ0) is 10.2. The van der Waals surface area contributed by atoms with Crippen LogP contribution in [0.4, 0.5) is 0 Å². The summed E-state index contributed by atoms with van der Waals surface area (Å²) in [5.41, 5.74) is 0. The molecule has 0 heterocycles. The van der Waals surface area contributed by atoms with Gasteiger partial charge in [-0.05, 0) is 12.8 Å². The second-order valence-corrected chi connectivity index (χ2v) is 1.67. The summed E-state index contributed by atoms with van der Waals surface area (Å²) in [5.74, 6) is 0. The van der Waals surface area contributed by atoms with E-state index in [4.69, 9.17) is 0 Å². The van der Waals surface area contributed by atoms with Gasteiger partial charge in [0.25, 0.3) is 0 Å². The van der Waals surface area contributed by atoms with Gasteiger partial charge in [-0.25, -0.2) is 0 Å². The third-order valence-corrected chi connectivity index (χ3v) is 0.855. The van der Waals surface area contributed by atoms with E-state index in [1.165, 1.54) is 0 Å². The summed E-state index contributed by atoms with van der Waals surface area (Å²) in [7, 11) is 0.